The van der Waals surface area contributed by atoms with E-state index in [1.165, 1.54) is 0 Å². The van der Waals surface area contributed by atoms with Crippen LogP contribution in [0.4, 0.5) is 0 Å². The van der Waals surface area contributed by atoms with Crippen molar-refractivity contribution in [2.75, 3.05) is 12.5 Å². The standard InChI is InChI=1S/C11H21ClO2/c1-2-3-8-11(13)14-10-7-5-4-6-9-12/h2-10H2,1H3. The van der Waals surface area contributed by atoms with Gasteiger partial charge in [0.25, 0.3) is 0 Å². The van der Waals surface area contributed by atoms with Crippen LogP contribution < -0.4 is 0 Å². The summed E-state index contributed by atoms with van der Waals surface area (Å²) in [6.45, 7) is 2.64. The summed E-state index contributed by atoms with van der Waals surface area (Å²) in [5, 5.41) is 0. The number of hydrogen-bond acceptors (Lipinski definition) is 2. The second kappa shape index (κ2) is 10.8. The Balaban J connectivity index is 3.07. The Morgan fingerprint density at radius 1 is 1.14 bits per heavy atom. The number of esters is 1. The van der Waals surface area contributed by atoms with E-state index >= 15 is 0 Å². The van der Waals surface area contributed by atoms with E-state index in [-0.39, 0.29) is 5.97 Å². The van der Waals surface area contributed by atoms with Crippen molar-refractivity contribution in [3.05, 3.63) is 0 Å². The molecule has 14 heavy (non-hydrogen) atoms. The predicted molar refractivity (Wildman–Crippen MR) is 59.7 cm³/mol. The number of carbonyl (C=O) groups is 1. The lowest BCUT2D eigenvalue weighted by atomic mass is 10.2. The van der Waals surface area contributed by atoms with Crippen molar-refractivity contribution in [1.82, 2.24) is 0 Å². The van der Waals surface area contributed by atoms with E-state index in [0.717, 1.165) is 44.4 Å². The zero-order valence-corrected chi connectivity index (χ0v) is 9.81. The van der Waals surface area contributed by atoms with Gasteiger partial charge in [-0.2, -0.15) is 0 Å². The van der Waals surface area contributed by atoms with Crippen molar-refractivity contribution in [2.24, 2.45) is 0 Å². The Morgan fingerprint density at radius 2 is 1.86 bits per heavy atom. The SMILES string of the molecule is CCCCC(=O)OCCCCCCCl. The summed E-state index contributed by atoms with van der Waals surface area (Å²) in [5.41, 5.74) is 0. The Morgan fingerprint density at radius 3 is 2.50 bits per heavy atom. The van der Waals surface area contributed by atoms with Crippen LogP contribution in [0.15, 0.2) is 0 Å². The number of rotatable bonds is 9. The zero-order valence-electron chi connectivity index (χ0n) is 9.06. The Labute approximate surface area is 92.0 Å². The number of alkyl halides is 1. The van der Waals surface area contributed by atoms with Gasteiger partial charge in [-0.25, -0.2) is 0 Å². The minimum atomic E-state index is -0.0517. The van der Waals surface area contributed by atoms with E-state index < -0.39 is 0 Å². The fraction of sp³-hybridized carbons (Fsp3) is 0.909. The average Bonchev–Trinajstić information content (AvgIpc) is 2.20. The molecule has 0 saturated heterocycles. The first-order valence-electron chi connectivity index (χ1n) is 5.52. The summed E-state index contributed by atoms with van der Waals surface area (Å²) >= 11 is 5.54. The molecule has 0 amide bonds. The smallest absolute Gasteiger partial charge is 0.305 e. The van der Waals surface area contributed by atoms with Crippen LogP contribution in [0, 0.1) is 0 Å². The maximum absolute atomic E-state index is 11.0. The van der Waals surface area contributed by atoms with Gasteiger partial charge >= 0.3 is 5.97 Å². The van der Waals surface area contributed by atoms with Crippen LogP contribution in [0.2, 0.25) is 0 Å². The largest absolute Gasteiger partial charge is 0.466 e. The molecule has 2 nitrogen and oxygen atoms in total. The number of halogens is 1. The van der Waals surface area contributed by atoms with Crippen LogP contribution in [-0.4, -0.2) is 18.5 Å². The van der Waals surface area contributed by atoms with Crippen molar-refractivity contribution in [1.29, 1.82) is 0 Å². The number of unbranched alkanes of at least 4 members (excludes halogenated alkanes) is 4. The lowest BCUT2D eigenvalue weighted by molar-refractivity contribution is -0.143. The molecule has 0 heterocycles. The summed E-state index contributed by atoms with van der Waals surface area (Å²) in [4.78, 5) is 11.0. The monoisotopic (exact) mass is 220 g/mol. The molecule has 0 aliphatic heterocycles. The molecule has 0 radical (unpaired) electrons. The summed E-state index contributed by atoms with van der Waals surface area (Å²) in [7, 11) is 0. The van der Waals surface area contributed by atoms with Gasteiger partial charge in [-0.3, -0.25) is 4.79 Å². The third-order valence-corrected chi connectivity index (χ3v) is 2.29. The molecule has 0 saturated carbocycles. The van der Waals surface area contributed by atoms with E-state index in [2.05, 4.69) is 6.92 Å². The summed E-state index contributed by atoms with van der Waals surface area (Å²) in [5.74, 6) is 0.681. The van der Waals surface area contributed by atoms with E-state index in [9.17, 15) is 4.79 Å². The van der Waals surface area contributed by atoms with E-state index in [0.29, 0.717) is 13.0 Å². The predicted octanol–water partition coefficient (Wildman–Crippen LogP) is 3.52. The van der Waals surface area contributed by atoms with Gasteiger partial charge in [-0.1, -0.05) is 26.2 Å². The molecule has 0 spiro atoms. The molecular weight excluding hydrogens is 200 g/mol. The Hall–Kier alpha value is -0.240. The Kier molecular flexibility index (Phi) is 10.7. The molecule has 0 bridgehead atoms. The number of carbonyl (C=O) groups excluding carboxylic acids is 1. The van der Waals surface area contributed by atoms with Gasteiger partial charge < -0.3 is 4.74 Å². The highest BCUT2D eigenvalue weighted by Gasteiger charge is 2.00. The molecule has 0 atom stereocenters. The zero-order chi connectivity index (χ0) is 10.6. The van der Waals surface area contributed by atoms with Gasteiger partial charge in [0.2, 0.25) is 0 Å². The second-order valence-electron chi connectivity index (χ2n) is 3.43. The number of hydrogen-bond donors (Lipinski definition) is 0. The molecule has 0 aliphatic carbocycles. The molecular formula is C11H21ClO2. The van der Waals surface area contributed by atoms with Crippen molar-refractivity contribution >= 4 is 17.6 Å². The molecule has 0 aromatic rings. The molecule has 0 fully saturated rings. The van der Waals surface area contributed by atoms with Crippen LogP contribution in [0.5, 0.6) is 0 Å². The molecule has 0 unspecified atom stereocenters. The summed E-state index contributed by atoms with van der Waals surface area (Å²) in [6.07, 6.45) is 6.82. The molecule has 0 aromatic carbocycles. The van der Waals surface area contributed by atoms with Crippen LogP contribution >= 0.6 is 11.6 Å². The Bertz CT molecular complexity index is 137. The molecule has 0 N–H and O–H groups in total. The molecule has 0 aromatic heterocycles. The third kappa shape index (κ3) is 9.85. The van der Waals surface area contributed by atoms with Crippen LogP contribution in [0.1, 0.15) is 51.9 Å². The highest BCUT2D eigenvalue weighted by atomic mass is 35.5. The van der Waals surface area contributed by atoms with Gasteiger partial charge in [-0.05, 0) is 19.3 Å². The lowest BCUT2D eigenvalue weighted by Gasteiger charge is -2.03. The average molecular weight is 221 g/mol. The van der Waals surface area contributed by atoms with Gasteiger partial charge in [0.05, 0.1) is 6.61 Å². The molecule has 0 rings (SSSR count). The minimum absolute atomic E-state index is 0.0517. The molecule has 3 heteroatoms. The molecule has 84 valence electrons. The van der Waals surface area contributed by atoms with E-state index in [1.54, 1.807) is 0 Å². The first kappa shape index (κ1) is 13.8. The van der Waals surface area contributed by atoms with Crippen molar-refractivity contribution < 1.29 is 9.53 Å². The number of ether oxygens (including phenoxy) is 1. The fourth-order valence-corrected chi connectivity index (χ4v) is 1.32. The third-order valence-electron chi connectivity index (χ3n) is 2.03. The quantitative estimate of drug-likeness (QED) is 0.338. The van der Waals surface area contributed by atoms with Crippen LogP contribution in [-0.2, 0) is 9.53 Å². The lowest BCUT2D eigenvalue weighted by Crippen LogP contribution is -2.05. The normalized spacial score (nSPS) is 10.1. The van der Waals surface area contributed by atoms with E-state index in [4.69, 9.17) is 16.3 Å². The van der Waals surface area contributed by atoms with Gasteiger partial charge in [0, 0.05) is 12.3 Å². The topological polar surface area (TPSA) is 26.3 Å². The summed E-state index contributed by atoms with van der Waals surface area (Å²) in [6, 6.07) is 0. The van der Waals surface area contributed by atoms with E-state index in [1.807, 2.05) is 0 Å². The van der Waals surface area contributed by atoms with Crippen LogP contribution in [0.25, 0.3) is 0 Å². The second-order valence-corrected chi connectivity index (χ2v) is 3.81. The summed E-state index contributed by atoms with van der Waals surface area (Å²) < 4.78 is 5.05. The minimum Gasteiger partial charge on any atom is -0.466 e. The van der Waals surface area contributed by atoms with Gasteiger partial charge in [0.1, 0.15) is 0 Å². The highest BCUT2D eigenvalue weighted by molar-refractivity contribution is 6.17. The van der Waals surface area contributed by atoms with Crippen molar-refractivity contribution in [2.45, 2.75) is 51.9 Å². The van der Waals surface area contributed by atoms with Gasteiger partial charge in [0.15, 0.2) is 0 Å². The molecule has 0 aliphatic rings. The first-order valence-corrected chi connectivity index (χ1v) is 6.06. The highest BCUT2D eigenvalue weighted by Crippen LogP contribution is 2.02. The van der Waals surface area contributed by atoms with Gasteiger partial charge in [-0.15, -0.1) is 11.6 Å². The van der Waals surface area contributed by atoms with Crippen molar-refractivity contribution in [3.8, 4) is 0 Å². The van der Waals surface area contributed by atoms with Crippen molar-refractivity contribution in [3.63, 3.8) is 0 Å². The van der Waals surface area contributed by atoms with Crippen LogP contribution in [0.3, 0.4) is 0 Å². The first-order chi connectivity index (χ1) is 6.81. The maximum Gasteiger partial charge on any atom is 0.305 e. The fourth-order valence-electron chi connectivity index (χ4n) is 1.13. The maximum atomic E-state index is 11.0.